The predicted molar refractivity (Wildman–Crippen MR) is 115 cm³/mol. The molecule has 0 bridgehead atoms. The second kappa shape index (κ2) is 8.34. The van der Waals surface area contributed by atoms with Crippen LogP contribution in [0.2, 0.25) is 0 Å². The molecule has 0 atom stereocenters. The Morgan fingerprint density at radius 2 is 1.76 bits per heavy atom. The highest BCUT2D eigenvalue weighted by Crippen LogP contribution is 2.23. The van der Waals surface area contributed by atoms with Crippen molar-refractivity contribution in [1.82, 2.24) is 0 Å². The van der Waals surface area contributed by atoms with Crippen LogP contribution in [0.15, 0.2) is 70.0 Å². The fraction of sp³-hybridized carbons (Fsp3) is 0.0952. The van der Waals surface area contributed by atoms with Crippen LogP contribution in [0.3, 0.4) is 0 Å². The lowest BCUT2D eigenvalue weighted by Crippen LogP contribution is -2.17. The van der Waals surface area contributed by atoms with E-state index in [1.807, 2.05) is 13.0 Å². The molecule has 0 aliphatic rings. The molecule has 0 aliphatic heterocycles. The summed E-state index contributed by atoms with van der Waals surface area (Å²) in [6.45, 7) is 3.50. The lowest BCUT2D eigenvalue weighted by Gasteiger charge is -2.13. The second-order valence-electron chi connectivity index (χ2n) is 6.53. The van der Waals surface area contributed by atoms with Crippen LogP contribution >= 0.6 is 15.9 Å². The Labute approximate surface area is 177 Å². The molecule has 3 aromatic carbocycles. The van der Waals surface area contributed by atoms with E-state index < -0.39 is 21.7 Å². The van der Waals surface area contributed by atoms with Gasteiger partial charge in [-0.05, 0) is 67.4 Å². The van der Waals surface area contributed by atoms with Gasteiger partial charge in [0.25, 0.3) is 15.9 Å². The molecule has 8 heteroatoms. The van der Waals surface area contributed by atoms with E-state index in [4.69, 9.17) is 0 Å². The summed E-state index contributed by atoms with van der Waals surface area (Å²) in [6, 6.07) is 15.5. The summed E-state index contributed by atoms with van der Waals surface area (Å²) in [7, 11) is -3.91. The fourth-order valence-electron chi connectivity index (χ4n) is 2.73. The largest absolute Gasteiger partial charge is 0.319 e. The molecule has 0 radical (unpaired) electrons. The summed E-state index contributed by atoms with van der Waals surface area (Å²) >= 11 is 3.15. The first-order valence-corrected chi connectivity index (χ1v) is 10.9. The number of anilines is 2. The molecule has 29 heavy (non-hydrogen) atoms. The van der Waals surface area contributed by atoms with Crippen LogP contribution in [0.5, 0.6) is 0 Å². The molecular formula is C21H18BrFN2O3S. The number of nitrogens with one attached hydrogen (secondary N) is 2. The number of aryl methyl sites for hydroxylation is 2. The minimum absolute atomic E-state index is 0.000989. The van der Waals surface area contributed by atoms with E-state index in [1.165, 1.54) is 30.3 Å². The lowest BCUT2D eigenvalue weighted by molar-refractivity contribution is 0.102. The Hall–Kier alpha value is -2.71. The zero-order valence-electron chi connectivity index (χ0n) is 15.7. The van der Waals surface area contributed by atoms with Crippen molar-refractivity contribution in [3.63, 3.8) is 0 Å². The number of rotatable bonds is 5. The van der Waals surface area contributed by atoms with Gasteiger partial charge in [-0.3, -0.25) is 9.52 Å². The Bertz CT molecular complexity index is 1200. The zero-order chi connectivity index (χ0) is 21.2. The number of carbonyl (C=O) groups is 1. The van der Waals surface area contributed by atoms with Crippen LogP contribution < -0.4 is 10.0 Å². The maximum atomic E-state index is 14.0. The number of hydrogen-bond donors (Lipinski definition) is 2. The molecule has 3 rings (SSSR count). The average molecular weight is 477 g/mol. The van der Waals surface area contributed by atoms with Gasteiger partial charge in [0, 0.05) is 15.7 Å². The second-order valence-corrected chi connectivity index (χ2v) is 9.10. The third-order valence-electron chi connectivity index (χ3n) is 4.19. The van der Waals surface area contributed by atoms with Crippen molar-refractivity contribution >= 4 is 43.2 Å². The van der Waals surface area contributed by atoms with E-state index >= 15 is 0 Å². The van der Waals surface area contributed by atoms with E-state index in [1.54, 1.807) is 31.2 Å². The summed E-state index contributed by atoms with van der Waals surface area (Å²) in [5.41, 5.74) is 1.92. The molecule has 1 amide bonds. The van der Waals surface area contributed by atoms with E-state index in [0.717, 1.165) is 5.56 Å². The highest BCUT2D eigenvalue weighted by molar-refractivity contribution is 9.10. The average Bonchev–Trinajstić information content (AvgIpc) is 2.63. The van der Waals surface area contributed by atoms with Crippen LogP contribution in [0, 0.1) is 19.7 Å². The Morgan fingerprint density at radius 1 is 1.00 bits per heavy atom. The van der Waals surface area contributed by atoms with Crippen LogP contribution in [-0.2, 0) is 10.0 Å². The fourth-order valence-corrected chi connectivity index (χ4v) is 4.39. The molecule has 0 saturated carbocycles. The molecule has 0 aromatic heterocycles. The monoisotopic (exact) mass is 476 g/mol. The van der Waals surface area contributed by atoms with E-state index in [-0.39, 0.29) is 16.1 Å². The molecule has 0 spiro atoms. The molecule has 0 heterocycles. The number of sulfonamides is 1. The van der Waals surface area contributed by atoms with Crippen molar-refractivity contribution < 1.29 is 17.6 Å². The Balaban J connectivity index is 1.89. The van der Waals surface area contributed by atoms with Gasteiger partial charge >= 0.3 is 0 Å². The van der Waals surface area contributed by atoms with Gasteiger partial charge in [0.15, 0.2) is 0 Å². The number of carbonyl (C=O) groups excluding carboxylic acids is 1. The van der Waals surface area contributed by atoms with Gasteiger partial charge in [-0.15, -0.1) is 0 Å². The van der Waals surface area contributed by atoms with Crippen LogP contribution in [0.1, 0.15) is 21.5 Å². The van der Waals surface area contributed by atoms with Gasteiger partial charge in [0.05, 0.1) is 10.6 Å². The van der Waals surface area contributed by atoms with Gasteiger partial charge in [0.1, 0.15) is 5.82 Å². The first-order chi connectivity index (χ1) is 13.7. The Kier molecular flexibility index (Phi) is 6.04. The number of amides is 1. The number of hydrogen-bond acceptors (Lipinski definition) is 3. The summed E-state index contributed by atoms with van der Waals surface area (Å²) in [4.78, 5) is 12.5. The minimum Gasteiger partial charge on any atom is -0.319 e. The van der Waals surface area contributed by atoms with E-state index in [0.29, 0.717) is 15.7 Å². The maximum absolute atomic E-state index is 14.0. The third-order valence-corrected chi connectivity index (χ3v) is 6.21. The molecule has 0 fully saturated rings. The molecular weight excluding hydrogens is 459 g/mol. The highest BCUT2D eigenvalue weighted by Gasteiger charge is 2.20. The maximum Gasteiger partial charge on any atom is 0.262 e. The standard InChI is InChI=1S/C21H18BrFN2O3S/c1-13-4-3-5-17(10-13)25-29(27,28)20-11-15(7-6-14(20)2)21(26)24-19-9-8-16(22)12-18(19)23/h3-12,25H,1-2H3,(H,24,26). The van der Waals surface area contributed by atoms with Crippen molar-refractivity contribution in [1.29, 1.82) is 0 Å². The normalized spacial score (nSPS) is 11.2. The van der Waals surface area contributed by atoms with Gasteiger partial charge in [-0.1, -0.05) is 34.1 Å². The summed E-state index contributed by atoms with van der Waals surface area (Å²) < 4.78 is 42.7. The smallest absolute Gasteiger partial charge is 0.262 e. The third kappa shape index (κ3) is 5.02. The molecule has 5 nitrogen and oxygen atoms in total. The first-order valence-electron chi connectivity index (χ1n) is 8.62. The summed E-state index contributed by atoms with van der Waals surface area (Å²) in [5, 5.41) is 2.46. The predicted octanol–water partition coefficient (Wildman–Crippen LogP) is 5.26. The summed E-state index contributed by atoms with van der Waals surface area (Å²) in [5.74, 6) is -1.22. The van der Waals surface area contributed by atoms with Crippen LogP contribution in [0.4, 0.5) is 15.8 Å². The first kappa shape index (κ1) is 21.0. The molecule has 150 valence electrons. The highest BCUT2D eigenvalue weighted by atomic mass is 79.9. The quantitative estimate of drug-likeness (QED) is 0.527. The molecule has 0 aliphatic carbocycles. The van der Waals surface area contributed by atoms with Gasteiger partial charge in [-0.25, -0.2) is 12.8 Å². The van der Waals surface area contributed by atoms with Crippen LogP contribution in [-0.4, -0.2) is 14.3 Å². The topological polar surface area (TPSA) is 75.3 Å². The van der Waals surface area contributed by atoms with Crippen molar-refractivity contribution in [3.8, 4) is 0 Å². The SMILES string of the molecule is Cc1cccc(NS(=O)(=O)c2cc(C(=O)Nc3ccc(Br)cc3F)ccc2C)c1. The number of benzene rings is 3. The zero-order valence-corrected chi connectivity index (χ0v) is 18.1. The van der Waals surface area contributed by atoms with E-state index in [9.17, 15) is 17.6 Å². The van der Waals surface area contributed by atoms with Gasteiger partial charge < -0.3 is 5.32 Å². The van der Waals surface area contributed by atoms with Crippen molar-refractivity contribution in [2.24, 2.45) is 0 Å². The molecule has 0 unspecified atom stereocenters. The van der Waals surface area contributed by atoms with Crippen molar-refractivity contribution in [3.05, 3.63) is 87.6 Å². The van der Waals surface area contributed by atoms with Crippen molar-refractivity contribution in [2.45, 2.75) is 18.7 Å². The van der Waals surface area contributed by atoms with Crippen molar-refractivity contribution in [2.75, 3.05) is 10.0 Å². The molecule has 3 aromatic rings. The Morgan fingerprint density at radius 3 is 2.45 bits per heavy atom. The summed E-state index contributed by atoms with van der Waals surface area (Å²) in [6.07, 6.45) is 0. The lowest BCUT2D eigenvalue weighted by atomic mass is 10.1. The minimum atomic E-state index is -3.91. The van der Waals surface area contributed by atoms with E-state index in [2.05, 4.69) is 26.0 Å². The number of halogens is 2. The van der Waals surface area contributed by atoms with Gasteiger partial charge in [-0.2, -0.15) is 0 Å². The van der Waals surface area contributed by atoms with Crippen LogP contribution in [0.25, 0.3) is 0 Å². The molecule has 0 saturated heterocycles. The van der Waals surface area contributed by atoms with Gasteiger partial charge in [0.2, 0.25) is 0 Å². The molecule has 2 N–H and O–H groups in total.